The van der Waals surface area contributed by atoms with Crippen LogP contribution in [0.2, 0.25) is 0 Å². The van der Waals surface area contributed by atoms with Crippen molar-refractivity contribution in [1.29, 1.82) is 0 Å². The normalized spacial score (nSPS) is 1.75. The van der Waals surface area contributed by atoms with Gasteiger partial charge in [-0.1, -0.05) is 0 Å². The molecule has 0 aromatic rings. The van der Waals surface area contributed by atoms with E-state index in [0.29, 0.717) is 18.2 Å². The van der Waals surface area contributed by atoms with Gasteiger partial charge in [0.1, 0.15) is 0 Å². The van der Waals surface area contributed by atoms with Crippen LogP contribution in [0.1, 0.15) is 0 Å². The van der Waals surface area contributed by atoms with Gasteiger partial charge in [-0.15, -0.1) is 0 Å². The summed E-state index contributed by atoms with van der Waals surface area (Å²) in [5, 5.41) is 0. The van der Waals surface area contributed by atoms with Crippen LogP contribution in [0.25, 0.3) is 0 Å². The van der Waals surface area contributed by atoms with Gasteiger partial charge in [-0.05, 0) is 0 Å². The standard InChI is InChI=1S/Cu.FH.Li.Mg.2H/h;1H;;;;/q;;+1;;;/p-1. The summed E-state index contributed by atoms with van der Waals surface area (Å²) >= 11 is 0.500. The smallest absolute Gasteiger partial charge is 0.316 e. The Hall–Kier alpha value is 1.81. The summed E-state index contributed by atoms with van der Waals surface area (Å²) in [6.45, 7) is 0. The van der Waals surface area contributed by atoms with Gasteiger partial charge < -0.3 is 0 Å². The number of rotatable bonds is 0. The molecule has 0 aliphatic rings. The first-order valence-electron chi connectivity index (χ1n) is 0.378. The molecule has 0 unspecified atom stereocenters. The molecule has 0 rings (SSSR count). The second-order valence-electron chi connectivity index (χ2n) is 0. The Balaban J connectivity index is -0.00000000500. The SMILES string of the molecule is [Cu].[Li][F].[MgH2]. The molecule has 23 valence electrons. The van der Waals surface area contributed by atoms with E-state index in [-0.39, 0.29) is 40.1 Å². The molecular formula is H2CuFLiMg. The summed E-state index contributed by atoms with van der Waals surface area (Å²) in [5.74, 6) is 0. The average molecular weight is 116 g/mol. The van der Waals surface area contributed by atoms with Crippen molar-refractivity contribution in [3.8, 4) is 0 Å². The molecule has 0 amide bonds. The Morgan fingerprint density at radius 1 is 1.25 bits per heavy atom. The van der Waals surface area contributed by atoms with Gasteiger partial charge in [0, 0.05) is 17.1 Å². The molecule has 0 saturated heterocycles. The maximum Gasteiger partial charge on any atom is 0.316 e. The Morgan fingerprint density at radius 3 is 1.25 bits per heavy atom. The summed E-state index contributed by atoms with van der Waals surface area (Å²) in [6.07, 6.45) is 0. The van der Waals surface area contributed by atoms with E-state index >= 15 is 0 Å². The summed E-state index contributed by atoms with van der Waals surface area (Å²) < 4.78 is 9.50. The topological polar surface area (TPSA) is 0 Å². The first kappa shape index (κ1) is 17.0. The third-order valence-electron chi connectivity index (χ3n) is 0. The minimum absolute atomic E-state index is 0. The van der Waals surface area contributed by atoms with Crippen LogP contribution in [0.5, 0.6) is 0 Å². The molecule has 1 radical (unpaired) electrons. The zero-order valence-electron chi connectivity index (χ0n) is 1.68. The van der Waals surface area contributed by atoms with E-state index in [2.05, 4.69) is 0 Å². The summed E-state index contributed by atoms with van der Waals surface area (Å²) in [5.41, 5.74) is 0. The van der Waals surface area contributed by atoms with E-state index in [9.17, 15) is 3.38 Å². The zero-order chi connectivity index (χ0) is 2.00. The van der Waals surface area contributed by atoms with Crippen molar-refractivity contribution in [2.45, 2.75) is 0 Å². The Bertz CT molecular complexity index is 8.00. The minimum atomic E-state index is 0. The molecule has 0 aromatic heterocycles. The van der Waals surface area contributed by atoms with Crippen LogP contribution in [0, 0.1) is 0 Å². The molecule has 4 heteroatoms. The van der Waals surface area contributed by atoms with E-state index in [4.69, 9.17) is 0 Å². The monoisotopic (exact) mass is 115 g/mol. The van der Waals surface area contributed by atoms with Gasteiger partial charge in [0.15, 0.2) is 0 Å². The molecule has 4 heavy (non-hydrogen) atoms. The van der Waals surface area contributed by atoms with Gasteiger partial charge >= 0.3 is 44.6 Å². The average Bonchev–Trinajstić information content (AvgIpc) is 1.00. The fraction of sp³-hybridized carbons (Fsp3) is 0. The first-order valence-corrected chi connectivity index (χ1v) is 0.378. The molecule has 0 aliphatic carbocycles. The van der Waals surface area contributed by atoms with Crippen molar-refractivity contribution >= 4 is 41.3 Å². The fourth-order valence-corrected chi connectivity index (χ4v) is 0. The van der Waals surface area contributed by atoms with Gasteiger partial charge in [0.2, 0.25) is 0 Å². The van der Waals surface area contributed by atoms with Gasteiger partial charge in [-0.25, -0.2) is 0 Å². The Morgan fingerprint density at radius 2 is 1.25 bits per heavy atom. The molecule has 0 aromatic carbocycles. The van der Waals surface area contributed by atoms with Gasteiger partial charge in [0.25, 0.3) is 0 Å². The zero-order valence-corrected chi connectivity index (χ0v) is 2.62. The second-order valence-corrected chi connectivity index (χ2v) is 0. The maximum absolute atomic E-state index is 9.50. The van der Waals surface area contributed by atoms with E-state index < -0.39 is 0 Å². The molecule has 0 atom stereocenters. The van der Waals surface area contributed by atoms with Crippen molar-refractivity contribution in [3.63, 3.8) is 0 Å². The summed E-state index contributed by atoms with van der Waals surface area (Å²) in [7, 11) is 0. The molecule has 0 N–H and O–H groups in total. The largest absolute Gasteiger partial charge is 0.316 e. The predicted octanol–water partition coefficient (Wildman–Crippen LogP) is -0.879. The van der Waals surface area contributed by atoms with Crippen LogP contribution >= 0.6 is 0 Å². The van der Waals surface area contributed by atoms with Crippen LogP contribution in [0.3, 0.4) is 0 Å². The summed E-state index contributed by atoms with van der Waals surface area (Å²) in [4.78, 5) is 0. The third kappa shape index (κ3) is 9.18. The Kier molecular flexibility index (Phi) is 90.6. The van der Waals surface area contributed by atoms with Crippen LogP contribution < -0.4 is 0 Å². The van der Waals surface area contributed by atoms with Crippen LogP contribution in [0.15, 0.2) is 0 Å². The van der Waals surface area contributed by atoms with Gasteiger partial charge in [-0.3, -0.25) is 0 Å². The maximum atomic E-state index is 9.50. The molecular weight excluding hydrogens is 114 g/mol. The molecule has 0 saturated carbocycles. The van der Waals surface area contributed by atoms with Crippen LogP contribution in [0.4, 0.5) is 3.38 Å². The fourth-order valence-electron chi connectivity index (χ4n) is 0. The van der Waals surface area contributed by atoms with Crippen molar-refractivity contribution in [3.05, 3.63) is 0 Å². The van der Waals surface area contributed by atoms with E-state index in [1.165, 1.54) is 0 Å². The van der Waals surface area contributed by atoms with Crippen molar-refractivity contribution in [1.82, 2.24) is 0 Å². The van der Waals surface area contributed by atoms with Crippen molar-refractivity contribution in [2.24, 2.45) is 0 Å². The van der Waals surface area contributed by atoms with E-state index in [1.807, 2.05) is 0 Å². The number of halogens is 1. The minimum Gasteiger partial charge on any atom is 0.316 e. The van der Waals surface area contributed by atoms with Crippen molar-refractivity contribution in [2.75, 3.05) is 0 Å². The third-order valence-corrected chi connectivity index (χ3v) is 0. The molecule has 0 aliphatic heterocycles. The van der Waals surface area contributed by atoms with E-state index in [1.54, 1.807) is 0 Å². The quantitative estimate of drug-likeness (QED) is 0.360. The molecule has 0 fully saturated rings. The molecule has 0 bridgehead atoms. The summed E-state index contributed by atoms with van der Waals surface area (Å²) in [6, 6.07) is 0. The first-order chi connectivity index (χ1) is 1.00. The van der Waals surface area contributed by atoms with Crippen molar-refractivity contribution < 1.29 is 20.4 Å². The molecule has 0 heterocycles. The Labute approximate surface area is 61.3 Å². The van der Waals surface area contributed by atoms with Gasteiger partial charge in [0.05, 0.1) is 0 Å². The van der Waals surface area contributed by atoms with E-state index in [0.717, 1.165) is 0 Å². The second kappa shape index (κ2) is 21.3. The molecule has 0 spiro atoms. The molecule has 0 nitrogen and oxygen atoms in total. The number of hydrogen-bond acceptors (Lipinski definition) is 0. The van der Waals surface area contributed by atoms with Crippen LogP contribution in [-0.4, -0.2) is 41.3 Å². The van der Waals surface area contributed by atoms with Crippen LogP contribution in [-0.2, 0) is 17.1 Å². The number of hydrogen-bond donors (Lipinski definition) is 0. The van der Waals surface area contributed by atoms with Gasteiger partial charge in [-0.2, -0.15) is 0 Å². The predicted molar refractivity (Wildman–Crippen MR) is 15.4 cm³/mol.